The van der Waals surface area contributed by atoms with Crippen LogP contribution in [0.25, 0.3) is 11.1 Å². The van der Waals surface area contributed by atoms with Crippen LogP contribution < -0.4 is 10.2 Å². The van der Waals surface area contributed by atoms with Gasteiger partial charge in [0.05, 0.1) is 0 Å². The third-order valence-corrected chi connectivity index (χ3v) is 7.84. The number of fused-ring (bicyclic) bond motifs is 3. The summed E-state index contributed by atoms with van der Waals surface area (Å²) in [7, 11) is 0. The summed E-state index contributed by atoms with van der Waals surface area (Å²) in [6, 6.07) is 29.5. The first kappa shape index (κ1) is 24.3. The van der Waals surface area contributed by atoms with Gasteiger partial charge in [-0.1, -0.05) is 72.8 Å². The Labute approximate surface area is 227 Å². The average Bonchev–Trinajstić information content (AvgIpc) is 3.38. The highest BCUT2D eigenvalue weighted by Gasteiger charge is 2.31. The van der Waals surface area contributed by atoms with Crippen LogP contribution in [0.1, 0.15) is 45.2 Å². The fraction of sp³-hybridized carbons (Fsp3) is 0.222. The van der Waals surface area contributed by atoms with E-state index < -0.39 is 0 Å². The molecule has 4 aromatic rings. The summed E-state index contributed by atoms with van der Waals surface area (Å²) >= 11 is 0. The molecule has 0 bridgehead atoms. The molecule has 0 amide bonds. The maximum atomic E-state index is 3.84. The summed E-state index contributed by atoms with van der Waals surface area (Å²) in [6.45, 7) is 10.5. The second-order valence-electron chi connectivity index (χ2n) is 11.0. The summed E-state index contributed by atoms with van der Waals surface area (Å²) in [4.78, 5) is 2.55. The van der Waals surface area contributed by atoms with Crippen molar-refractivity contribution in [3.8, 4) is 11.1 Å². The van der Waals surface area contributed by atoms with E-state index in [1.807, 2.05) is 0 Å². The molecular formula is C36H36N2. The van der Waals surface area contributed by atoms with Gasteiger partial charge in [0.1, 0.15) is 0 Å². The van der Waals surface area contributed by atoms with Gasteiger partial charge in [-0.2, -0.15) is 0 Å². The molecule has 0 saturated carbocycles. The van der Waals surface area contributed by atoms with Gasteiger partial charge < -0.3 is 10.2 Å². The van der Waals surface area contributed by atoms with Crippen LogP contribution in [-0.4, -0.2) is 13.1 Å². The molecule has 6 rings (SSSR count). The number of para-hydroxylation sites is 1. The van der Waals surface area contributed by atoms with E-state index in [-0.39, 0.29) is 5.92 Å². The number of hydrogen-bond acceptors (Lipinski definition) is 2. The highest BCUT2D eigenvalue weighted by molar-refractivity contribution is 5.87. The van der Waals surface area contributed by atoms with Gasteiger partial charge in [0.15, 0.2) is 0 Å². The second-order valence-corrected chi connectivity index (χ2v) is 11.0. The van der Waals surface area contributed by atoms with Crippen molar-refractivity contribution < 1.29 is 0 Å². The number of aryl methyl sites for hydroxylation is 4. The zero-order chi connectivity index (χ0) is 26.2. The molecule has 2 aliphatic rings. The predicted octanol–water partition coefficient (Wildman–Crippen LogP) is 9.14. The lowest BCUT2D eigenvalue weighted by atomic mass is 9.83. The van der Waals surface area contributed by atoms with Gasteiger partial charge in [0.25, 0.3) is 0 Å². The fourth-order valence-electron chi connectivity index (χ4n) is 6.39. The molecule has 0 fully saturated rings. The van der Waals surface area contributed by atoms with Crippen LogP contribution in [0.5, 0.6) is 0 Å². The Bertz CT molecular complexity index is 1510. The number of nitrogens with one attached hydrogen (secondary N) is 1. The van der Waals surface area contributed by atoms with Crippen molar-refractivity contribution in [2.45, 2.75) is 39.5 Å². The predicted molar refractivity (Wildman–Crippen MR) is 163 cm³/mol. The molecule has 190 valence electrons. The van der Waals surface area contributed by atoms with Crippen molar-refractivity contribution in [2.75, 3.05) is 23.3 Å². The summed E-state index contributed by atoms with van der Waals surface area (Å²) in [5, 5.41) is 3.84. The van der Waals surface area contributed by atoms with Crippen molar-refractivity contribution in [1.82, 2.24) is 0 Å². The van der Waals surface area contributed by atoms with E-state index in [0.29, 0.717) is 5.92 Å². The summed E-state index contributed by atoms with van der Waals surface area (Å²) < 4.78 is 0. The highest BCUT2D eigenvalue weighted by Crippen LogP contribution is 2.46. The molecule has 1 unspecified atom stereocenters. The van der Waals surface area contributed by atoms with Gasteiger partial charge in [0.2, 0.25) is 0 Å². The summed E-state index contributed by atoms with van der Waals surface area (Å²) in [6.07, 6.45) is 9.00. The Kier molecular flexibility index (Phi) is 6.41. The molecule has 1 aliphatic carbocycles. The lowest BCUT2D eigenvalue weighted by Gasteiger charge is -2.30. The van der Waals surface area contributed by atoms with E-state index in [1.54, 1.807) is 0 Å². The van der Waals surface area contributed by atoms with Crippen LogP contribution in [0.15, 0.2) is 103 Å². The SMILES string of the molecule is Cc1cc(C)cc(NCC2CN(c3cc(C)cc(C)c3)c3ccccc3-c3cccc(C4C=CC=C4)c32)c1. The Morgan fingerprint density at radius 2 is 1.34 bits per heavy atom. The van der Waals surface area contributed by atoms with Crippen LogP contribution in [0.4, 0.5) is 17.1 Å². The topological polar surface area (TPSA) is 15.3 Å². The Morgan fingerprint density at radius 3 is 2.05 bits per heavy atom. The molecule has 0 spiro atoms. The second kappa shape index (κ2) is 10.0. The van der Waals surface area contributed by atoms with Crippen LogP contribution in [0.2, 0.25) is 0 Å². The van der Waals surface area contributed by atoms with Gasteiger partial charge in [-0.25, -0.2) is 0 Å². The van der Waals surface area contributed by atoms with Crippen LogP contribution in [-0.2, 0) is 0 Å². The molecule has 1 heterocycles. The number of allylic oxidation sites excluding steroid dienone is 4. The minimum atomic E-state index is 0.289. The maximum absolute atomic E-state index is 3.84. The molecule has 0 radical (unpaired) electrons. The van der Waals surface area contributed by atoms with E-state index >= 15 is 0 Å². The third-order valence-electron chi connectivity index (χ3n) is 7.84. The average molecular weight is 497 g/mol. The van der Waals surface area contributed by atoms with Gasteiger partial charge >= 0.3 is 0 Å². The first-order chi connectivity index (χ1) is 18.5. The molecule has 2 nitrogen and oxygen atoms in total. The highest BCUT2D eigenvalue weighted by atomic mass is 15.1. The summed E-state index contributed by atoms with van der Waals surface area (Å²) in [5.74, 6) is 0.603. The van der Waals surface area contributed by atoms with Crippen LogP contribution >= 0.6 is 0 Å². The van der Waals surface area contributed by atoms with E-state index in [4.69, 9.17) is 0 Å². The normalized spacial score (nSPS) is 16.3. The fourth-order valence-corrected chi connectivity index (χ4v) is 6.39. The van der Waals surface area contributed by atoms with E-state index in [0.717, 1.165) is 13.1 Å². The van der Waals surface area contributed by atoms with Crippen molar-refractivity contribution in [2.24, 2.45) is 0 Å². The van der Waals surface area contributed by atoms with Gasteiger partial charge in [0, 0.05) is 47.6 Å². The molecule has 0 aromatic heterocycles. The smallest absolute Gasteiger partial charge is 0.0490 e. The minimum absolute atomic E-state index is 0.289. The molecule has 1 N–H and O–H groups in total. The Balaban J connectivity index is 1.51. The van der Waals surface area contributed by atoms with E-state index in [2.05, 4.69) is 141 Å². The quantitative estimate of drug-likeness (QED) is 0.296. The van der Waals surface area contributed by atoms with Gasteiger partial charge in [-0.05, 0) is 97.0 Å². The Hall–Kier alpha value is -4.04. The van der Waals surface area contributed by atoms with Crippen molar-refractivity contribution >= 4 is 17.1 Å². The molecule has 4 aromatic carbocycles. The molecule has 1 atom stereocenters. The molecule has 1 aliphatic heterocycles. The standard InChI is InChI=1S/C36H36N2/c1-24-16-25(2)19-30(18-24)37-22-29-23-38(31-20-26(3)17-27(4)21-31)35-15-8-7-12-33(35)34-14-9-13-32(36(29)34)28-10-5-6-11-28/h5-21,28-29,37H,22-23H2,1-4H3. The van der Waals surface area contributed by atoms with Crippen molar-refractivity contribution in [3.63, 3.8) is 0 Å². The first-order valence-electron chi connectivity index (χ1n) is 13.7. The molecule has 0 saturated heterocycles. The van der Waals surface area contributed by atoms with Gasteiger partial charge in [-0.15, -0.1) is 0 Å². The number of nitrogens with zero attached hydrogens (tertiary/aromatic N) is 1. The number of rotatable bonds is 5. The summed E-state index contributed by atoms with van der Waals surface area (Å²) in [5.41, 5.74) is 14.5. The first-order valence-corrected chi connectivity index (χ1v) is 13.7. The van der Waals surface area contributed by atoms with Crippen LogP contribution in [0.3, 0.4) is 0 Å². The minimum Gasteiger partial charge on any atom is -0.384 e. The number of anilines is 3. The Morgan fingerprint density at radius 1 is 0.711 bits per heavy atom. The zero-order valence-corrected chi connectivity index (χ0v) is 22.8. The lowest BCUT2D eigenvalue weighted by molar-refractivity contribution is 0.713. The molecular weight excluding hydrogens is 460 g/mol. The lowest BCUT2D eigenvalue weighted by Crippen LogP contribution is -2.28. The largest absolute Gasteiger partial charge is 0.384 e. The van der Waals surface area contributed by atoms with E-state index in [1.165, 1.54) is 61.6 Å². The number of benzene rings is 4. The van der Waals surface area contributed by atoms with Crippen molar-refractivity contribution in [3.05, 3.63) is 137 Å². The molecule has 38 heavy (non-hydrogen) atoms. The monoisotopic (exact) mass is 496 g/mol. The zero-order valence-electron chi connectivity index (χ0n) is 22.8. The van der Waals surface area contributed by atoms with Gasteiger partial charge in [-0.3, -0.25) is 0 Å². The maximum Gasteiger partial charge on any atom is 0.0490 e. The van der Waals surface area contributed by atoms with E-state index in [9.17, 15) is 0 Å². The van der Waals surface area contributed by atoms with Crippen molar-refractivity contribution in [1.29, 1.82) is 0 Å². The van der Waals surface area contributed by atoms with Crippen LogP contribution in [0, 0.1) is 27.7 Å². The third kappa shape index (κ3) is 4.67. The molecule has 2 heteroatoms. The number of hydrogen-bond donors (Lipinski definition) is 1.